The number of ether oxygens (including phenoxy) is 3. The van der Waals surface area contributed by atoms with Gasteiger partial charge in [-0.25, -0.2) is 9.78 Å². The fraction of sp³-hybridized carbons (Fsp3) is 0.685. The number of nitrogens with one attached hydrogen (secondary N) is 7. The van der Waals surface area contributed by atoms with E-state index in [1.165, 1.54) is 17.2 Å². The molecule has 464 valence electrons. The number of nitrogens with zero attached hydrogens (tertiary/aromatic N) is 4. The number of nitrogens with two attached hydrogens (primary N) is 3. The Bertz CT molecular complexity index is 2580. The van der Waals surface area contributed by atoms with E-state index in [4.69, 9.17) is 31.4 Å². The minimum atomic E-state index is -1.55. The van der Waals surface area contributed by atoms with Crippen LogP contribution in [-0.4, -0.2) is 182 Å². The first-order chi connectivity index (χ1) is 40.1. The summed E-state index contributed by atoms with van der Waals surface area (Å²) in [5.41, 5.74) is 17.4. The molecular weight excluding hydrogens is 1120 g/mol. The molecule has 0 saturated carbocycles. The smallest absolute Gasteiger partial charge is 0.315 e. The molecule has 2 fully saturated rings. The molecule has 0 unspecified atom stereocenters. The fourth-order valence-electron chi connectivity index (χ4n) is 9.95. The van der Waals surface area contributed by atoms with Crippen LogP contribution in [0.3, 0.4) is 0 Å². The van der Waals surface area contributed by atoms with Crippen LogP contribution < -0.4 is 49.1 Å². The molecule has 0 aromatic carbocycles. The van der Waals surface area contributed by atoms with Crippen molar-refractivity contribution >= 4 is 82.3 Å². The highest BCUT2D eigenvalue weighted by Crippen LogP contribution is 2.33. The maximum atomic E-state index is 14.1. The highest BCUT2D eigenvalue weighted by Gasteiger charge is 2.43. The van der Waals surface area contributed by atoms with Crippen molar-refractivity contribution in [1.82, 2.24) is 56.9 Å². The lowest BCUT2D eigenvalue weighted by Crippen LogP contribution is -2.55. The second-order valence-corrected chi connectivity index (χ2v) is 23.0. The molecule has 30 heteroatoms. The van der Waals surface area contributed by atoms with Crippen LogP contribution in [0, 0.1) is 17.8 Å². The van der Waals surface area contributed by atoms with Crippen molar-refractivity contribution in [2.45, 2.75) is 171 Å². The molecule has 2 saturated heterocycles. The van der Waals surface area contributed by atoms with E-state index in [1.54, 1.807) is 20.0 Å². The Labute approximate surface area is 490 Å². The van der Waals surface area contributed by atoms with Crippen LogP contribution in [0.25, 0.3) is 0 Å². The predicted molar refractivity (Wildman–Crippen MR) is 300 cm³/mol. The molecule has 2 bridgehead atoms. The van der Waals surface area contributed by atoms with E-state index in [0.717, 1.165) is 25.0 Å². The third-order valence-corrected chi connectivity index (χ3v) is 16.1. The number of amides is 9. The molecule has 9 amide bonds. The van der Waals surface area contributed by atoms with Gasteiger partial charge in [0, 0.05) is 99.5 Å². The van der Waals surface area contributed by atoms with E-state index in [0.29, 0.717) is 49.7 Å². The number of rotatable bonds is 27. The molecule has 5 rings (SSSR count). The summed E-state index contributed by atoms with van der Waals surface area (Å²) in [7, 11) is 0. The first-order valence-electron chi connectivity index (χ1n) is 28.6. The summed E-state index contributed by atoms with van der Waals surface area (Å²) in [6, 6.07) is -5.34. The average Bonchev–Trinajstić information content (AvgIpc) is 4.39. The normalized spacial score (nSPS) is 24.4. The Morgan fingerprint density at radius 1 is 0.714 bits per heavy atom. The molecular formula is C54H82N14O15S. The summed E-state index contributed by atoms with van der Waals surface area (Å²) in [6.07, 6.45) is 5.61. The number of unbranched alkanes of at least 4 members (excludes halogenated alkanes) is 1. The van der Waals surface area contributed by atoms with E-state index in [-0.39, 0.29) is 81.8 Å². The lowest BCUT2D eigenvalue weighted by Gasteiger charge is -2.26. The van der Waals surface area contributed by atoms with Crippen LogP contribution in [-0.2, 0) is 86.3 Å². The van der Waals surface area contributed by atoms with E-state index < -0.39 is 146 Å². The van der Waals surface area contributed by atoms with Crippen LogP contribution in [0.5, 0.6) is 0 Å². The predicted octanol–water partition coefficient (Wildman–Crippen LogP) is -1.57. The number of fused-ring (bicyclic) bond motifs is 3. The Hall–Kier alpha value is -7.18. The van der Waals surface area contributed by atoms with E-state index in [2.05, 4.69) is 52.2 Å². The van der Waals surface area contributed by atoms with E-state index in [9.17, 15) is 57.5 Å². The molecule has 3 aliphatic rings. The number of Topliss-reactive ketones (excluding diaryl/α,β-unsaturated/α-hetero) is 4. The summed E-state index contributed by atoms with van der Waals surface area (Å²) in [5, 5.41) is 24.8. The maximum absolute atomic E-state index is 14.1. The number of aromatic nitrogens is 5. The fourth-order valence-corrected chi connectivity index (χ4v) is 11.5. The SMILES string of the molecule is CC(C)[C@H]1CC(=O)[C@@H](CC(N)=O)NC(=O)CCC(=O)[C@@H](CC(N)=O)NC(=O)[C@@H](CC(=O)COCCOCCOCCCC(=O)CCCC[C@H]2SC[C@H]3NC(=O)N[C@H]32)Cc2cn(nn2)CCCC[C@@H](C(N)=O)NC(=O)[C@@H](Cc2cnc[nH]2)NC1=O. The number of urea groups is 1. The van der Waals surface area contributed by atoms with Gasteiger partial charge in [-0.15, -0.1) is 5.10 Å². The highest BCUT2D eigenvalue weighted by atomic mass is 32.2. The highest BCUT2D eigenvalue weighted by molar-refractivity contribution is 8.00. The van der Waals surface area contributed by atoms with E-state index >= 15 is 0 Å². The molecule has 0 aliphatic carbocycles. The van der Waals surface area contributed by atoms with Gasteiger partial charge in [0.2, 0.25) is 41.4 Å². The van der Waals surface area contributed by atoms with Gasteiger partial charge in [-0.2, -0.15) is 11.8 Å². The number of ketones is 4. The minimum absolute atomic E-state index is 0.0201. The average molecular weight is 1200 g/mol. The molecule has 9 atom stereocenters. The van der Waals surface area contributed by atoms with Gasteiger partial charge in [0.05, 0.1) is 81.4 Å². The summed E-state index contributed by atoms with van der Waals surface area (Å²) in [4.78, 5) is 164. The molecule has 0 radical (unpaired) electrons. The zero-order valence-corrected chi connectivity index (χ0v) is 48.6. The summed E-state index contributed by atoms with van der Waals surface area (Å²) in [5.74, 6) is -9.82. The van der Waals surface area contributed by atoms with Crippen LogP contribution >= 0.6 is 11.8 Å². The summed E-state index contributed by atoms with van der Waals surface area (Å²) in [6.45, 7) is 4.17. The minimum Gasteiger partial charge on any atom is -0.379 e. The van der Waals surface area contributed by atoms with Crippen LogP contribution in [0.15, 0.2) is 18.7 Å². The van der Waals surface area contributed by atoms with Crippen molar-refractivity contribution in [1.29, 1.82) is 0 Å². The zero-order valence-electron chi connectivity index (χ0n) is 47.7. The monoisotopic (exact) mass is 1200 g/mol. The quantitative estimate of drug-likeness (QED) is 0.0357. The molecule has 29 nitrogen and oxygen atoms in total. The van der Waals surface area contributed by atoms with Crippen molar-refractivity contribution in [3.8, 4) is 0 Å². The summed E-state index contributed by atoms with van der Waals surface area (Å²) < 4.78 is 18.2. The first kappa shape index (κ1) is 67.6. The van der Waals surface area contributed by atoms with Gasteiger partial charge in [0.15, 0.2) is 17.3 Å². The number of primary amides is 3. The molecule has 13 N–H and O–H groups in total. The number of imidazole rings is 1. The zero-order chi connectivity index (χ0) is 61.1. The lowest BCUT2D eigenvalue weighted by molar-refractivity contribution is -0.136. The molecule has 2 aromatic rings. The summed E-state index contributed by atoms with van der Waals surface area (Å²) >= 11 is 1.86. The Morgan fingerprint density at radius 3 is 2.10 bits per heavy atom. The molecule has 2 aromatic heterocycles. The van der Waals surface area contributed by atoms with Gasteiger partial charge in [-0.05, 0) is 44.4 Å². The maximum Gasteiger partial charge on any atom is 0.315 e. The number of carbonyl (C=O) groups excluding carboxylic acids is 12. The van der Waals surface area contributed by atoms with Gasteiger partial charge in [0.25, 0.3) is 0 Å². The number of aryl methyl sites for hydroxylation is 1. The first-order valence-corrected chi connectivity index (χ1v) is 29.6. The second kappa shape index (κ2) is 35.2. The third-order valence-electron chi connectivity index (χ3n) is 14.6. The van der Waals surface area contributed by atoms with Crippen molar-refractivity contribution in [2.24, 2.45) is 35.0 Å². The standard InChI is InChI=1S/C54H82N14O15S/c1-31(2)37-23-44(72)40(25-47(56)74)60-48(75)13-12-43(71)39(24-46(55)73)62-51(77)32(20-34-27-68(67-66-34)14-6-5-10-38(50(57)76)61-53(79)41(63-52(37)78)22-33-26-58-30-59-33)21-36(70)28-83-19-18-82-17-16-81-15-7-9-35(69)8-3-4-11-45-49-42(29-84-45)64-54(80)65-49/h26-27,30-32,37-42,45,49H,3-25,28-29H2,1-2H3,(H2,55,73)(H2,56,74)(H2,57,76)(H,58,59)(H,60,75)(H,61,79)(H,62,77)(H,63,78)(H2,64,65,80)/t32-,37-,38+,39-,40-,41-,42-,45-,49-/m1/s1. The number of hydrogen-bond donors (Lipinski definition) is 10. The second-order valence-electron chi connectivity index (χ2n) is 21.7. The third kappa shape index (κ3) is 23.8. The van der Waals surface area contributed by atoms with Gasteiger partial charge >= 0.3 is 6.03 Å². The topological polar surface area (TPSA) is 442 Å². The van der Waals surface area contributed by atoms with Crippen LogP contribution in [0.1, 0.15) is 122 Å². The Balaban J connectivity index is 1.16. The van der Waals surface area contributed by atoms with Gasteiger partial charge in [0.1, 0.15) is 24.5 Å². The van der Waals surface area contributed by atoms with Crippen molar-refractivity contribution < 1.29 is 71.7 Å². The van der Waals surface area contributed by atoms with Crippen molar-refractivity contribution in [3.63, 3.8) is 0 Å². The number of H-pyrrole nitrogens is 1. The number of carbonyl (C=O) groups is 12. The van der Waals surface area contributed by atoms with Crippen LogP contribution in [0.4, 0.5) is 4.79 Å². The molecule has 5 heterocycles. The lowest BCUT2D eigenvalue weighted by atomic mass is 9.87. The van der Waals surface area contributed by atoms with Gasteiger partial charge in [-0.3, -0.25) is 57.4 Å². The molecule has 0 spiro atoms. The molecule has 84 heavy (non-hydrogen) atoms. The number of hydrogen-bond acceptors (Lipinski definition) is 19. The Kier molecular flexibility index (Phi) is 28.3. The molecule has 3 aliphatic heterocycles. The van der Waals surface area contributed by atoms with Crippen LogP contribution in [0.2, 0.25) is 0 Å². The van der Waals surface area contributed by atoms with Crippen molar-refractivity contribution in [2.75, 3.05) is 45.4 Å². The largest absolute Gasteiger partial charge is 0.379 e. The van der Waals surface area contributed by atoms with Gasteiger partial charge in [-0.1, -0.05) is 25.5 Å². The van der Waals surface area contributed by atoms with E-state index in [1.807, 2.05) is 11.8 Å². The van der Waals surface area contributed by atoms with Gasteiger partial charge < -0.3 is 68.3 Å². The Morgan fingerprint density at radius 2 is 1.40 bits per heavy atom. The van der Waals surface area contributed by atoms with Crippen molar-refractivity contribution in [3.05, 3.63) is 30.1 Å². The number of thioether (sulfide) groups is 1. The number of aromatic amines is 1.